The van der Waals surface area contributed by atoms with Gasteiger partial charge in [0, 0.05) is 13.1 Å². The van der Waals surface area contributed by atoms with E-state index in [-0.39, 0.29) is 11.9 Å². The molecule has 1 fully saturated rings. The summed E-state index contributed by atoms with van der Waals surface area (Å²) in [5.41, 5.74) is 0.486. The average molecular weight is 260 g/mol. The first-order valence-electron chi connectivity index (χ1n) is 6.39. The molecule has 1 aromatic rings. The Morgan fingerprint density at radius 1 is 1.68 bits per heavy atom. The third-order valence-electron chi connectivity index (χ3n) is 3.16. The van der Waals surface area contributed by atoms with Gasteiger partial charge in [-0.05, 0) is 25.8 Å². The van der Waals surface area contributed by atoms with Crippen molar-refractivity contribution in [2.24, 2.45) is 5.92 Å². The summed E-state index contributed by atoms with van der Waals surface area (Å²) in [7, 11) is 0. The fourth-order valence-corrected chi connectivity index (χ4v) is 2.27. The van der Waals surface area contributed by atoms with Crippen molar-refractivity contribution in [1.29, 1.82) is 5.26 Å². The van der Waals surface area contributed by atoms with E-state index in [1.807, 2.05) is 4.90 Å². The Kier molecular flexibility index (Phi) is 4.29. The number of hydrogen-bond acceptors (Lipinski definition) is 6. The number of esters is 1. The number of ether oxygens (including phenoxy) is 1. The Hall–Kier alpha value is -2.16. The number of anilines is 1. The SMILES string of the molecule is CCOC(=O)C1CCCN(c2nnccc2C#N)C1. The number of carbonyl (C=O) groups is 1. The van der Waals surface area contributed by atoms with Crippen LogP contribution in [0.4, 0.5) is 5.82 Å². The third-order valence-corrected chi connectivity index (χ3v) is 3.16. The maximum atomic E-state index is 11.8. The third kappa shape index (κ3) is 2.99. The largest absolute Gasteiger partial charge is 0.466 e. The summed E-state index contributed by atoms with van der Waals surface area (Å²) in [5, 5.41) is 16.9. The molecule has 0 aliphatic carbocycles. The molecule has 0 spiro atoms. The van der Waals surface area contributed by atoms with Gasteiger partial charge in [0.25, 0.3) is 0 Å². The molecule has 0 bridgehead atoms. The highest BCUT2D eigenvalue weighted by molar-refractivity contribution is 5.73. The van der Waals surface area contributed by atoms with Gasteiger partial charge in [0.05, 0.1) is 24.3 Å². The van der Waals surface area contributed by atoms with Crippen molar-refractivity contribution < 1.29 is 9.53 Å². The minimum absolute atomic E-state index is 0.151. The molecular weight excluding hydrogens is 244 g/mol. The van der Waals surface area contributed by atoms with Crippen molar-refractivity contribution in [3.8, 4) is 6.07 Å². The maximum absolute atomic E-state index is 11.8. The normalized spacial score (nSPS) is 18.7. The van der Waals surface area contributed by atoms with Gasteiger partial charge in [0.15, 0.2) is 5.82 Å². The van der Waals surface area contributed by atoms with Gasteiger partial charge >= 0.3 is 5.97 Å². The van der Waals surface area contributed by atoms with Crippen LogP contribution in [0.3, 0.4) is 0 Å². The van der Waals surface area contributed by atoms with Crippen LogP contribution in [0.25, 0.3) is 0 Å². The van der Waals surface area contributed by atoms with Crippen LogP contribution in [0.2, 0.25) is 0 Å². The summed E-state index contributed by atoms with van der Waals surface area (Å²) >= 11 is 0. The molecule has 19 heavy (non-hydrogen) atoms. The first-order valence-corrected chi connectivity index (χ1v) is 6.39. The molecule has 0 N–H and O–H groups in total. The zero-order valence-electron chi connectivity index (χ0n) is 10.9. The second-order valence-corrected chi connectivity index (χ2v) is 4.42. The van der Waals surface area contributed by atoms with E-state index < -0.39 is 0 Å². The molecule has 100 valence electrons. The molecule has 1 aliphatic heterocycles. The van der Waals surface area contributed by atoms with Gasteiger partial charge in [-0.2, -0.15) is 10.4 Å². The van der Waals surface area contributed by atoms with Crippen molar-refractivity contribution in [2.75, 3.05) is 24.6 Å². The molecule has 1 unspecified atom stereocenters. The minimum atomic E-state index is -0.172. The molecule has 2 heterocycles. The zero-order chi connectivity index (χ0) is 13.7. The second-order valence-electron chi connectivity index (χ2n) is 4.42. The molecule has 1 aliphatic rings. The minimum Gasteiger partial charge on any atom is -0.466 e. The lowest BCUT2D eigenvalue weighted by Crippen LogP contribution is -2.40. The number of piperidine rings is 1. The Balaban J connectivity index is 2.13. The number of hydrogen-bond donors (Lipinski definition) is 0. The predicted molar refractivity (Wildman–Crippen MR) is 68.3 cm³/mol. The van der Waals surface area contributed by atoms with Gasteiger partial charge < -0.3 is 9.64 Å². The van der Waals surface area contributed by atoms with Crippen LogP contribution in [0.1, 0.15) is 25.3 Å². The van der Waals surface area contributed by atoms with Crippen molar-refractivity contribution in [2.45, 2.75) is 19.8 Å². The van der Waals surface area contributed by atoms with E-state index in [2.05, 4.69) is 16.3 Å². The Labute approximate surface area is 112 Å². The molecular formula is C13H16N4O2. The van der Waals surface area contributed by atoms with E-state index in [0.717, 1.165) is 19.4 Å². The van der Waals surface area contributed by atoms with Crippen molar-refractivity contribution >= 4 is 11.8 Å². The molecule has 0 amide bonds. The van der Waals surface area contributed by atoms with Gasteiger partial charge in [-0.15, -0.1) is 5.10 Å². The quantitative estimate of drug-likeness (QED) is 0.758. The summed E-state index contributed by atoms with van der Waals surface area (Å²) < 4.78 is 5.06. The van der Waals surface area contributed by atoms with Gasteiger partial charge in [0.1, 0.15) is 6.07 Å². The second kappa shape index (κ2) is 6.14. The Morgan fingerprint density at radius 2 is 2.53 bits per heavy atom. The lowest BCUT2D eigenvalue weighted by Gasteiger charge is -2.32. The summed E-state index contributed by atoms with van der Waals surface area (Å²) in [5.74, 6) is 0.232. The molecule has 6 heteroatoms. The van der Waals surface area contributed by atoms with E-state index in [0.29, 0.717) is 24.5 Å². The van der Waals surface area contributed by atoms with Crippen LogP contribution in [0.15, 0.2) is 12.3 Å². The van der Waals surface area contributed by atoms with Gasteiger partial charge in [-0.1, -0.05) is 0 Å². The number of carbonyl (C=O) groups excluding carboxylic acids is 1. The summed E-state index contributed by atoms with van der Waals surface area (Å²) in [4.78, 5) is 13.7. The Bertz CT molecular complexity index is 498. The van der Waals surface area contributed by atoms with Crippen LogP contribution < -0.4 is 4.90 Å². The Morgan fingerprint density at radius 3 is 3.26 bits per heavy atom. The number of nitriles is 1. The first kappa shape index (κ1) is 13.3. The molecule has 1 atom stereocenters. The highest BCUT2D eigenvalue weighted by atomic mass is 16.5. The lowest BCUT2D eigenvalue weighted by molar-refractivity contribution is -0.148. The molecule has 1 saturated heterocycles. The van der Waals surface area contributed by atoms with Gasteiger partial charge in [0.2, 0.25) is 0 Å². The smallest absolute Gasteiger partial charge is 0.310 e. The fourth-order valence-electron chi connectivity index (χ4n) is 2.27. The van der Waals surface area contributed by atoms with Gasteiger partial charge in [-0.3, -0.25) is 4.79 Å². The van der Waals surface area contributed by atoms with Crippen LogP contribution in [0, 0.1) is 17.2 Å². The molecule has 2 rings (SSSR count). The first-order chi connectivity index (χ1) is 9.26. The van der Waals surface area contributed by atoms with Crippen molar-refractivity contribution in [1.82, 2.24) is 10.2 Å². The molecule has 1 aromatic heterocycles. The van der Waals surface area contributed by atoms with E-state index in [1.54, 1.807) is 13.0 Å². The van der Waals surface area contributed by atoms with E-state index in [4.69, 9.17) is 10.00 Å². The van der Waals surface area contributed by atoms with E-state index in [1.165, 1.54) is 6.20 Å². The highest BCUT2D eigenvalue weighted by Gasteiger charge is 2.28. The maximum Gasteiger partial charge on any atom is 0.310 e. The molecule has 0 radical (unpaired) electrons. The molecule has 6 nitrogen and oxygen atoms in total. The van der Waals surface area contributed by atoms with E-state index >= 15 is 0 Å². The monoisotopic (exact) mass is 260 g/mol. The van der Waals surface area contributed by atoms with Crippen molar-refractivity contribution in [3.05, 3.63) is 17.8 Å². The molecule has 0 aromatic carbocycles. The number of nitrogens with zero attached hydrogens (tertiary/aromatic N) is 4. The number of rotatable bonds is 3. The van der Waals surface area contributed by atoms with Gasteiger partial charge in [-0.25, -0.2) is 0 Å². The molecule has 0 saturated carbocycles. The lowest BCUT2D eigenvalue weighted by atomic mass is 9.98. The summed E-state index contributed by atoms with van der Waals surface area (Å²) in [6, 6.07) is 3.74. The van der Waals surface area contributed by atoms with Crippen LogP contribution >= 0.6 is 0 Å². The van der Waals surface area contributed by atoms with Crippen LogP contribution in [-0.2, 0) is 9.53 Å². The standard InChI is InChI=1S/C13H16N4O2/c1-2-19-13(18)11-4-3-7-17(9-11)12-10(8-14)5-6-15-16-12/h5-6,11H,2-4,7,9H2,1H3. The van der Waals surface area contributed by atoms with Crippen LogP contribution in [0.5, 0.6) is 0 Å². The van der Waals surface area contributed by atoms with E-state index in [9.17, 15) is 4.79 Å². The average Bonchev–Trinajstić information content (AvgIpc) is 2.47. The van der Waals surface area contributed by atoms with Crippen LogP contribution in [-0.4, -0.2) is 35.9 Å². The zero-order valence-corrected chi connectivity index (χ0v) is 10.9. The summed E-state index contributed by atoms with van der Waals surface area (Å²) in [6.45, 7) is 3.51. The van der Waals surface area contributed by atoms with Crippen molar-refractivity contribution in [3.63, 3.8) is 0 Å². The topological polar surface area (TPSA) is 79.1 Å². The number of aromatic nitrogens is 2. The summed E-state index contributed by atoms with van der Waals surface area (Å²) in [6.07, 6.45) is 3.19. The fraction of sp³-hybridized carbons (Fsp3) is 0.538. The highest BCUT2D eigenvalue weighted by Crippen LogP contribution is 2.24. The predicted octanol–water partition coefficient (Wildman–Crippen LogP) is 1.13.